The van der Waals surface area contributed by atoms with Crippen molar-refractivity contribution in [3.05, 3.63) is 35.4 Å². The molecule has 1 rings (SSSR count). The van der Waals surface area contributed by atoms with Crippen LogP contribution in [0.5, 0.6) is 0 Å². The Kier molecular flexibility index (Phi) is 3.40. The van der Waals surface area contributed by atoms with Gasteiger partial charge in [-0.05, 0) is 17.7 Å². The standard InChI is InChI=1S/C11H13NO2/c1-2-10(13)7-8-3-5-9(6-4-8)11(12)14/h3-6H,2,7H2,1H3,(H2,12,14). The Labute approximate surface area is 82.9 Å². The number of carbonyl (C=O) groups is 2. The second-order valence-corrected chi connectivity index (χ2v) is 3.13. The Morgan fingerprint density at radius 2 is 1.79 bits per heavy atom. The van der Waals surface area contributed by atoms with Crippen molar-refractivity contribution in [1.29, 1.82) is 0 Å². The van der Waals surface area contributed by atoms with E-state index in [1.165, 1.54) is 0 Å². The average Bonchev–Trinajstić information content (AvgIpc) is 2.18. The van der Waals surface area contributed by atoms with Crippen molar-refractivity contribution in [2.75, 3.05) is 0 Å². The number of rotatable bonds is 4. The smallest absolute Gasteiger partial charge is 0.248 e. The molecule has 1 aromatic carbocycles. The highest BCUT2D eigenvalue weighted by Gasteiger charge is 2.02. The Hall–Kier alpha value is -1.64. The van der Waals surface area contributed by atoms with Crippen molar-refractivity contribution in [3.8, 4) is 0 Å². The number of amides is 1. The van der Waals surface area contributed by atoms with E-state index in [2.05, 4.69) is 0 Å². The third-order valence-electron chi connectivity index (χ3n) is 2.03. The number of hydrogen-bond donors (Lipinski definition) is 1. The molecule has 0 radical (unpaired) electrons. The summed E-state index contributed by atoms with van der Waals surface area (Å²) in [7, 11) is 0. The lowest BCUT2D eigenvalue weighted by Crippen LogP contribution is -2.10. The molecule has 3 heteroatoms. The fraction of sp³-hybridized carbons (Fsp3) is 0.273. The molecule has 0 atom stereocenters. The Morgan fingerprint density at radius 1 is 1.21 bits per heavy atom. The van der Waals surface area contributed by atoms with E-state index in [1.54, 1.807) is 24.3 Å². The molecule has 0 bridgehead atoms. The van der Waals surface area contributed by atoms with Gasteiger partial charge in [0.1, 0.15) is 5.78 Å². The summed E-state index contributed by atoms with van der Waals surface area (Å²) in [6.07, 6.45) is 0.965. The number of carbonyl (C=O) groups excluding carboxylic acids is 2. The third kappa shape index (κ3) is 2.69. The van der Waals surface area contributed by atoms with Gasteiger partial charge in [-0.3, -0.25) is 9.59 Å². The summed E-state index contributed by atoms with van der Waals surface area (Å²) in [4.78, 5) is 21.9. The van der Waals surface area contributed by atoms with Crippen LogP contribution in [0, 0.1) is 0 Å². The summed E-state index contributed by atoms with van der Waals surface area (Å²) in [6, 6.07) is 6.79. The van der Waals surface area contributed by atoms with Crippen LogP contribution in [0.4, 0.5) is 0 Å². The zero-order valence-corrected chi connectivity index (χ0v) is 8.12. The lowest BCUT2D eigenvalue weighted by Gasteiger charge is -2.00. The maximum absolute atomic E-state index is 11.1. The molecule has 0 aliphatic heterocycles. The summed E-state index contributed by atoms with van der Waals surface area (Å²) < 4.78 is 0. The van der Waals surface area contributed by atoms with Crippen LogP contribution >= 0.6 is 0 Å². The van der Waals surface area contributed by atoms with Gasteiger partial charge >= 0.3 is 0 Å². The van der Waals surface area contributed by atoms with Crippen LogP contribution in [0.15, 0.2) is 24.3 Å². The summed E-state index contributed by atoms with van der Waals surface area (Å²) in [6.45, 7) is 1.83. The molecule has 0 fully saturated rings. The summed E-state index contributed by atoms with van der Waals surface area (Å²) in [5.74, 6) is -0.254. The number of Topliss-reactive ketones (excluding diaryl/α,β-unsaturated/α-hetero) is 1. The lowest BCUT2D eigenvalue weighted by molar-refractivity contribution is -0.118. The van der Waals surface area contributed by atoms with Crippen LogP contribution in [0.1, 0.15) is 29.3 Å². The lowest BCUT2D eigenvalue weighted by atomic mass is 10.1. The molecule has 1 amide bonds. The molecule has 0 unspecified atom stereocenters. The zero-order valence-electron chi connectivity index (χ0n) is 8.12. The topological polar surface area (TPSA) is 60.2 Å². The maximum atomic E-state index is 11.1. The molecule has 0 aliphatic carbocycles. The van der Waals surface area contributed by atoms with Crippen LogP contribution in [0.2, 0.25) is 0 Å². The number of ketones is 1. The van der Waals surface area contributed by atoms with E-state index in [1.807, 2.05) is 6.92 Å². The molecule has 1 aromatic rings. The highest BCUT2D eigenvalue weighted by molar-refractivity contribution is 5.92. The van der Waals surface area contributed by atoms with E-state index in [9.17, 15) is 9.59 Å². The minimum absolute atomic E-state index is 0.192. The summed E-state index contributed by atoms with van der Waals surface area (Å²) in [5, 5.41) is 0. The molecule has 0 spiro atoms. The van der Waals surface area contributed by atoms with Gasteiger partial charge in [-0.2, -0.15) is 0 Å². The molecule has 0 saturated carbocycles. The van der Waals surface area contributed by atoms with Crippen molar-refractivity contribution >= 4 is 11.7 Å². The van der Waals surface area contributed by atoms with Gasteiger partial charge in [0, 0.05) is 18.4 Å². The van der Waals surface area contributed by atoms with Gasteiger partial charge in [-0.25, -0.2) is 0 Å². The van der Waals surface area contributed by atoms with Gasteiger partial charge in [-0.15, -0.1) is 0 Å². The summed E-state index contributed by atoms with van der Waals surface area (Å²) in [5.41, 5.74) is 6.47. The van der Waals surface area contributed by atoms with E-state index in [0.717, 1.165) is 5.56 Å². The monoisotopic (exact) mass is 191 g/mol. The van der Waals surface area contributed by atoms with Crippen LogP contribution in [-0.2, 0) is 11.2 Å². The van der Waals surface area contributed by atoms with Crippen molar-refractivity contribution in [1.82, 2.24) is 0 Å². The maximum Gasteiger partial charge on any atom is 0.248 e. The minimum atomic E-state index is -0.446. The molecule has 14 heavy (non-hydrogen) atoms. The number of primary amides is 1. The molecular weight excluding hydrogens is 178 g/mol. The quantitative estimate of drug-likeness (QED) is 0.779. The molecule has 0 heterocycles. The predicted molar refractivity (Wildman–Crippen MR) is 54.0 cm³/mol. The number of nitrogens with two attached hydrogens (primary N) is 1. The molecule has 74 valence electrons. The van der Waals surface area contributed by atoms with Gasteiger partial charge in [0.25, 0.3) is 0 Å². The van der Waals surface area contributed by atoms with E-state index in [-0.39, 0.29) is 5.78 Å². The van der Waals surface area contributed by atoms with Gasteiger partial charge < -0.3 is 5.73 Å². The van der Waals surface area contributed by atoms with Crippen LogP contribution < -0.4 is 5.73 Å². The highest BCUT2D eigenvalue weighted by Crippen LogP contribution is 2.05. The first-order chi connectivity index (χ1) is 6.63. The van der Waals surface area contributed by atoms with E-state index >= 15 is 0 Å². The SMILES string of the molecule is CCC(=O)Cc1ccc(C(N)=O)cc1. The largest absolute Gasteiger partial charge is 0.366 e. The molecular formula is C11H13NO2. The normalized spacial score (nSPS) is 9.79. The first-order valence-corrected chi connectivity index (χ1v) is 4.54. The van der Waals surface area contributed by atoms with Crippen molar-refractivity contribution < 1.29 is 9.59 Å². The fourth-order valence-corrected chi connectivity index (χ4v) is 1.14. The first kappa shape index (κ1) is 10.4. The molecule has 2 N–H and O–H groups in total. The average molecular weight is 191 g/mol. The second kappa shape index (κ2) is 4.56. The van der Waals surface area contributed by atoms with Gasteiger partial charge in [0.15, 0.2) is 0 Å². The van der Waals surface area contributed by atoms with Crippen molar-refractivity contribution in [2.24, 2.45) is 5.73 Å². The van der Waals surface area contributed by atoms with Gasteiger partial charge in [-0.1, -0.05) is 19.1 Å². The number of hydrogen-bond acceptors (Lipinski definition) is 2. The van der Waals surface area contributed by atoms with Crippen molar-refractivity contribution in [2.45, 2.75) is 19.8 Å². The van der Waals surface area contributed by atoms with E-state index < -0.39 is 5.91 Å². The number of benzene rings is 1. The Balaban J connectivity index is 2.73. The third-order valence-corrected chi connectivity index (χ3v) is 2.03. The predicted octanol–water partition coefficient (Wildman–Crippen LogP) is 1.31. The van der Waals surface area contributed by atoms with Gasteiger partial charge in [0.2, 0.25) is 5.91 Å². The second-order valence-electron chi connectivity index (χ2n) is 3.13. The Morgan fingerprint density at radius 3 is 2.21 bits per heavy atom. The van der Waals surface area contributed by atoms with E-state index in [0.29, 0.717) is 18.4 Å². The summed E-state index contributed by atoms with van der Waals surface area (Å²) >= 11 is 0. The highest BCUT2D eigenvalue weighted by atomic mass is 16.1. The van der Waals surface area contributed by atoms with Crippen LogP contribution in [0.25, 0.3) is 0 Å². The van der Waals surface area contributed by atoms with E-state index in [4.69, 9.17) is 5.73 Å². The fourth-order valence-electron chi connectivity index (χ4n) is 1.14. The Bertz CT molecular complexity index is 341. The minimum Gasteiger partial charge on any atom is -0.366 e. The van der Waals surface area contributed by atoms with Crippen LogP contribution in [0.3, 0.4) is 0 Å². The molecule has 0 saturated heterocycles. The zero-order chi connectivity index (χ0) is 10.6. The first-order valence-electron chi connectivity index (χ1n) is 4.54. The van der Waals surface area contributed by atoms with Crippen LogP contribution in [-0.4, -0.2) is 11.7 Å². The van der Waals surface area contributed by atoms with Gasteiger partial charge in [0.05, 0.1) is 0 Å². The van der Waals surface area contributed by atoms with Crippen molar-refractivity contribution in [3.63, 3.8) is 0 Å². The molecule has 0 aromatic heterocycles. The molecule has 3 nitrogen and oxygen atoms in total. The molecule has 0 aliphatic rings.